The first-order valence-corrected chi connectivity index (χ1v) is 8.90. The Kier molecular flexibility index (Phi) is 5.06. The summed E-state index contributed by atoms with van der Waals surface area (Å²) in [6, 6.07) is 23.9. The number of hydrogen-bond donors (Lipinski definition) is 0. The predicted molar refractivity (Wildman–Crippen MR) is 106 cm³/mol. The molecule has 5 heteroatoms. The molecule has 0 aliphatic carbocycles. The van der Waals surface area contributed by atoms with Crippen LogP contribution < -0.4 is 9.47 Å². The van der Waals surface area contributed by atoms with Gasteiger partial charge in [-0.25, -0.2) is 9.07 Å². The Morgan fingerprint density at radius 1 is 0.893 bits per heavy atom. The second-order valence-corrected chi connectivity index (χ2v) is 6.24. The molecule has 0 fully saturated rings. The first kappa shape index (κ1) is 17.8. The first-order chi connectivity index (χ1) is 13.7. The third-order valence-corrected chi connectivity index (χ3v) is 4.41. The molecule has 4 nitrogen and oxygen atoms in total. The lowest BCUT2D eigenvalue weighted by molar-refractivity contribution is 0.284. The van der Waals surface area contributed by atoms with Gasteiger partial charge in [0, 0.05) is 5.56 Å². The second kappa shape index (κ2) is 7.96. The summed E-state index contributed by atoms with van der Waals surface area (Å²) in [5.74, 6) is 1.03. The molecular weight excluding hydrogens is 355 g/mol. The fourth-order valence-corrected chi connectivity index (χ4v) is 2.99. The highest BCUT2D eigenvalue weighted by atomic mass is 19.1. The molecule has 140 valence electrons. The standard InChI is InChI=1S/C23H19FN2O2/c1-27-22-12-7-18(15-23(22)28-16-17-5-3-2-4-6-17)21-13-14-25-26(21)20-10-8-19(24)9-11-20/h2-15H,16H2,1H3. The highest BCUT2D eigenvalue weighted by Gasteiger charge is 2.12. The molecular formula is C23H19FN2O2. The molecule has 0 atom stereocenters. The molecule has 4 rings (SSSR count). The van der Waals surface area contributed by atoms with Crippen LogP contribution in [-0.4, -0.2) is 16.9 Å². The van der Waals surface area contributed by atoms with E-state index < -0.39 is 0 Å². The maximum atomic E-state index is 13.3. The fourth-order valence-electron chi connectivity index (χ4n) is 2.99. The van der Waals surface area contributed by atoms with Crippen molar-refractivity contribution in [3.8, 4) is 28.4 Å². The molecule has 28 heavy (non-hydrogen) atoms. The van der Waals surface area contributed by atoms with E-state index in [-0.39, 0.29) is 5.82 Å². The van der Waals surface area contributed by atoms with Crippen molar-refractivity contribution in [2.45, 2.75) is 6.61 Å². The molecule has 0 amide bonds. The normalized spacial score (nSPS) is 10.6. The minimum atomic E-state index is -0.279. The average molecular weight is 374 g/mol. The van der Waals surface area contributed by atoms with Crippen LogP contribution >= 0.6 is 0 Å². The van der Waals surface area contributed by atoms with Crippen LogP contribution in [0.2, 0.25) is 0 Å². The van der Waals surface area contributed by atoms with E-state index in [1.54, 1.807) is 30.1 Å². The summed E-state index contributed by atoms with van der Waals surface area (Å²) in [7, 11) is 1.62. The maximum Gasteiger partial charge on any atom is 0.162 e. The van der Waals surface area contributed by atoms with Crippen LogP contribution in [0.15, 0.2) is 85.1 Å². The summed E-state index contributed by atoms with van der Waals surface area (Å²) < 4.78 is 26.5. The highest BCUT2D eigenvalue weighted by Crippen LogP contribution is 2.33. The molecule has 0 aliphatic heterocycles. The van der Waals surface area contributed by atoms with Crippen LogP contribution in [0.5, 0.6) is 11.5 Å². The second-order valence-electron chi connectivity index (χ2n) is 6.24. The minimum Gasteiger partial charge on any atom is -0.493 e. The summed E-state index contributed by atoms with van der Waals surface area (Å²) in [6.07, 6.45) is 1.72. The van der Waals surface area contributed by atoms with E-state index in [1.807, 2.05) is 54.6 Å². The molecule has 0 unspecified atom stereocenters. The third kappa shape index (κ3) is 3.74. The molecule has 1 heterocycles. The minimum absolute atomic E-state index is 0.279. The number of halogens is 1. The number of aromatic nitrogens is 2. The Labute approximate surface area is 162 Å². The number of hydrogen-bond acceptors (Lipinski definition) is 3. The van der Waals surface area contributed by atoms with E-state index >= 15 is 0 Å². The summed E-state index contributed by atoms with van der Waals surface area (Å²) in [5, 5.41) is 4.38. The monoisotopic (exact) mass is 374 g/mol. The van der Waals surface area contributed by atoms with Gasteiger partial charge in [-0.3, -0.25) is 0 Å². The molecule has 0 saturated heterocycles. The first-order valence-electron chi connectivity index (χ1n) is 8.90. The lowest BCUT2D eigenvalue weighted by Gasteiger charge is -2.13. The lowest BCUT2D eigenvalue weighted by atomic mass is 10.1. The zero-order valence-electron chi connectivity index (χ0n) is 15.4. The van der Waals surface area contributed by atoms with Crippen LogP contribution in [0.4, 0.5) is 4.39 Å². The molecule has 0 radical (unpaired) electrons. The number of methoxy groups -OCH3 is 1. The van der Waals surface area contributed by atoms with E-state index in [4.69, 9.17) is 9.47 Å². The van der Waals surface area contributed by atoms with Crippen molar-refractivity contribution in [3.63, 3.8) is 0 Å². The van der Waals surface area contributed by atoms with E-state index in [9.17, 15) is 4.39 Å². The van der Waals surface area contributed by atoms with Crippen molar-refractivity contribution in [2.75, 3.05) is 7.11 Å². The number of ether oxygens (including phenoxy) is 2. The Morgan fingerprint density at radius 3 is 2.43 bits per heavy atom. The van der Waals surface area contributed by atoms with Crippen molar-refractivity contribution in [1.29, 1.82) is 0 Å². The van der Waals surface area contributed by atoms with Gasteiger partial charge in [-0.1, -0.05) is 30.3 Å². The predicted octanol–water partition coefficient (Wildman–Crippen LogP) is 5.27. The molecule has 1 aromatic heterocycles. The van der Waals surface area contributed by atoms with Crippen LogP contribution in [0.3, 0.4) is 0 Å². The van der Waals surface area contributed by atoms with Crippen molar-refractivity contribution in [1.82, 2.24) is 9.78 Å². The van der Waals surface area contributed by atoms with E-state index in [1.165, 1.54) is 12.1 Å². The summed E-state index contributed by atoms with van der Waals surface area (Å²) in [6.45, 7) is 0.442. The van der Waals surface area contributed by atoms with Gasteiger partial charge < -0.3 is 9.47 Å². The maximum absolute atomic E-state index is 13.3. The van der Waals surface area contributed by atoms with E-state index in [0.717, 1.165) is 22.5 Å². The highest BCUT2D eigenvalue weighted by molar-refractivity contribution is 5.66. The molecule has 0 spiro atoms. The molecule has 3 aromatic carbocycles. The zero-order chi connectivity index (χ0) is 19.3. The van der Waals surface area contributed by atoms with Gasteiger partial charge in [0.1, 0.15) is 12.4 Å². The molecule has 0 saturated carbocycles. The van der Waals surface area contributed by atoms with Crippen molar-refractivity contribution in [3.05, 3.63) is 96.4 Å². The van der Waals surface area contributed by atoms with Crippen LogP contribution in [0.1, 0.15) is 5.56 Å². The van der Waals surface area contributed by atoms with Crippen LogP contribution in [-0.2, 0) is 6.61 Å². The Balaban J connectivity index is 1.66. The van der Waals surface area contributed by atoms with Crippen LogP contribution in [0, 0.1) is 5.82 Å². The molecule has 0 N–H and O–H groups in total. The Bertz CT molecular complexity index is 1060. The lowest BCUT2D eigenvalue weighted by Crippen LogP contribution is -2.01. The Morgan fingerprint density at radius 2 is 1.68 bits per heavy atom. The Hall–Kier alpha value is -3.60. The van der Waals surface area contributed by atoms with Gasteiger partial charge in [-0.15, -0.1) is 0 Å². The number of nitrogens with zero attached hydrogens (tertiary/aromatic N) is 2. The fraction of sp³-hybridized carbons (Fsp3) is 0.0870. The van der Waals surface area contributed by atoms with Gasteiger partial charge in [0.2, 0.25) is 0 Å². The SMILES string of the molecule is COc1ccc(-c2ccnn2-c2ccc(F)cc2)cc1OCc1ccccc1. The number of benzene rings is 3. The molecule has 4 aromatic rings. The van der Waals surface area contributed by atoms with Crippen molar-refractivity contribution < 1.29 is 13.9 Å². The molecule has 0 aliphatic rings. The topological polar surface area (TPSA) is 36.3 Å². The van der Waals surface area contributed by atoms with Gasteiger partial charge in [-0.2, -0.15) is 5.10 Å². The number of rotatable bonds is 6. The van der Waals surface area contributed by atoms with Gasteiger partial charge >= 0.3 is 0 Å². The van der Waals surface area contributed by atoms with E-state index in [2.05, 4.69) is 5.10 Å². The smallest absolute Gasteiger partial charge is 0.162 e. The summed E-state index contributed by atoms with van der Waals surface area (Å²) in [5.41, 5.74) is 3.65. The summed E-state index contributed by atoms with van der Waals surface area (Å²) in [4.78, 5) is 0. The van der Waals surface area contributed by atoms with Gasteiger partial charge in [-0.05, 0) is 54.1 Å². The third-order valence-electron chi connectivity index (χ3n) is 4.41. The average Bonchev–Trinajstić information content (AvgIpc) is 3.23. The van der Waals surface area contributed by atoms with Crippen molar-refractivity contribution >= 4 is 0 Å². The van der Waals surface area contributed by atoms with Crippen molar-refractivity contribution in [2.24, 2.45) is 0 Å². The van der Waals surface area contributed by atoms with Crippen LogP contribution in [0.25, 0.3) is 16.9 Å². The summed E-state index contributed by atoms with van der Waals surface area (Å²) >= 11 is 0. The zero-order valence-corrected chi connectivity index (χ0v) is 15.4. The van der Waals surface area contributed by atoms with Gasteiger partial charge in [0.15, 0.2) is 11.5 Å². The largest absolute Gasteiger partial charge is 0.493 e. The quantitative estimate of drug-likeness (QED) is 0.461. The molecule has 0 bridgehead atoms. The van der Waals surface area contributed by atoms with Gasteiger partial charge in [0.25, 0.3) is 0 Å². The van der Waals surface area contributed by atoms with Gasteiger partial charge in [0.05, 0.1) is 24.7 Å². The van der Waals surface area contributed by atoms with E-state index in [0.29, 0.717) is 18.1 Å².